The Morgan fingerprint density at radius 2 is 0.797 bits per heavy atom. The van der Waals surface area contributed by atoms with Gasteiger partial charge in [-0.3, -0.25) is 24.1 Å². The lowest BCUT2D eigenvalue weighted by Crippen LogP contribution is -2.73. The predicted octanol–water partition coefficient (Wildman–Crippen LogP) is -11.2. The van der Waals surface area contributed by atoms with Crippen molar-refractivity contribution in [1.82, 2.24) is 15.5 Å². The highest BCUT2D eigenvalue weighted by Gasteiger charge is 2.60. The lowest BCUT2D eigenvalue weighted by atomic mass is 9.75. The summed E-state index contributed by atoms with van der Waals surface area (Å²) in [6.45, 7) is -0.748. The number of nitrogens with one attached hydrogen (secondary N) is 2. The standard InChI is InChI=1S/C34H55N3O22/c38-13-2-31(55,3-14(39)22(13)46)27(51)35-10-11-1-12(21(26(50)59-11)36-28(52)32(56)4-15(40)23(47)16(41)5-32)37(29(53)33(57)6-17(42)24(48)18(43)7-33)30(54)34(58)8-19(44)25(49)20(45)9-34/h11-26,38-50,55-58H,1-10H2,(H,35,51)(H,36,52)/t11?,12?,13-,14-,15-,16-,17-,18-,19-,20-,21?,22?,23?,24?,25?,26?,31?,32?,33?,34?/m1/s1. The maximum absolute atomic E-state index is 14.6. The number of hydrogen-bond donors (Lipinski definition) is 19. The topological polar surface area (TPSA) is 449 Å². The van der Waals surface area contributed by atoms with Crippen LogP contribution in [0.3, 0.4) is 0 Å². The van der Waals surface area contributed by atoms with Crippen molar-refractivity contribution in [3.63, 3.8) is 0 Å². The van der Waals surface area contributed by atoms with E-state index in [0.717, 1.165) is 0 Å². The van der Waals surface area contributed by atoms with Gasteiger partial charge < -0.3 is 102 Å². The molecule has 1 saturated heterocycles. The normalized spacial score (nSPS) is 49.4. The molecule has 19 N–H and O–H groups in total. The molecule has 5 rings (SSSR count). The van der Waals surface area contributed by atoms with Crippen LogP contribution in [0.1, 0.15) is 57.8 Å². The smallest absolute Gasteiger partial charge is 0.261 e. The summed E-state index contributed by atoms with van der Waals surface area (Å²) in [7, 11) is 0. The monoisotopic (exact) mass is 857 g/mol. The highest BCUT2D eigenvalue weighted by atomic mass is 16.6. The van der Waals surface area contributed by atoms with Crippen LogP contribution in [0.4, 0.5) is 0 Å². The summed E-state index contributed by atoms with van der Waals surface area (Å²) >= 11 is 0. The van der Waals surface area contributed by atoms with Gasteiger partial charge in [-0.05, 0) is 6.42 Å². The zero-order valence-electron chi connectivity index (χ0n) is 31.4. The summed E-state index contributed by atoms with van der Waals surface area (Å²) < 4.78 is 5.57. The third-order valence-electron chi connectivity index (χ3n) is 12.3. The van der Waals surface area contributed by atoms with E-state index in [4.69, 9.17) is 4.74 Å². The van der Waals surface area contributed by atoms with E-state index in [1.165, 1.54) is 0 Å². The molecular formula is C34H55N3O22. The number of imide groups is 1. The first kappa shape index (κ1) is 47.4. The van der Waals surface area contributed by atoms with Crippen LogP contribution in [-0.4, -0.2) is 242 Å². The van der Waals surface area contributed by atoms with Gasteiger partial charge in [-0.25, -0.2) is 0 Å². The number of amides is 4. The Morgan fingerprint density at radius 1 is 0.492 bits per heavy atom. The van der Waals surface area contributed by atoms with E-state index in [2.05, 4.69) is 10.6 Å². The lowest BCUT2D eigenvalue weighted by Gasteiger charge is -2.50. The van der Waals surface area contributed by atoms with E-state index in [-0.39, 0.29) is 4.90 Å². The van der Waals surface area contributed by atoms with Crippen LogP contribution in [-0.2, 0) is 23.9 Å². The third kappa shape index (κ3) is 9.28. The first-order chi connectivity index (χ1) is 27.2. The summed E-state index contributed by atoms with van der Waals surface area (Å²) in [5.41, 5.74) is -11.2. The molecule has 1 heterocycles. The van der Waals surface area contributed by atoms with Gasteiger partial charge >= 0.3 is 0 Å². The Hall–Kier alpha value is -2.64. The van der Waals surface area contributed by atoms with E-state index in [9.17, 15) is 106 Å². The highest BCUT2D eigenvalue weighted by Crippen LogP contribution is 2.39. The first-order valence-electron chi connectivity index (χ1n) is 19.0. The fraction of sp³-hybridized carbons (Fsp3) is 0.882. The van der Waals surface area contributed by atoms with Gasteiger partial charge in [0.25, 0.3) is 23.6 Å². The zero-order valence-corrected chi connectivity index (χ0v) is 31.4. The molecule has 4 saturated carbocycles. The van der Waals surface area contributed by atoms with Gasteiger partial charge in [0.15, 0.2) is 6.29 Å². The average Bonchev–Trinajstić information content (AvgIpc) is 3.14. The molecular weight excluding hydrogens is 802 g/mol. The van der Waals surface area contributed by atoms with E-state index < -0.39 is 208 Å². The molecule has 4 aliphatic carbocycles. The Labute approximate surface area is 334 Å². The van der Waals surface area contributed by atoms with Gasteiger partial charge in [0, 0.05) is 57.9 Å². The maximum atomic E-state index is 14.6. The number of nitrogens with zero attached hydrogens (tertiary/aromatic N) is 1. The van der Waals surface area contributed by atoms with Gasteiger partial charge in [-0.2, -0.15) is 0 Å². The van der Waals surface area contributed by atoms with Gasteiger partial charge in [0.05, 0.1) is 61.0 Å². The van der Waals surface area contributed by atoms with Crippen LogP contribution >= 0.6 is 0 Å². The van der Waals surface area contributed by atoms with E-state index in [1.807, 2.05) is 0 Å². The van der Waals surface area contributed by atoms with Crippen LogP contribution in [0, 0.1) is 0 Å². The fourth-order valence-corrected chi connectivity index (χ4v) is 8.82. The summed E-state index contributed by atoms with van der Waals surface area (Å²) in [5, 5.41) is 184. The fourth-order valence-electron chi connectivity index (χ4n) is 8.82. The van der Waals surface area contributed by atoms with Crippen molar-refractivity contribution in [2.45, 2.75) is 178 Å². The Morgan fingerprint density at radius 3 is 1.14 bits per heavy atom. The quantitative estimate of drug-likeness (QED) is 0.101. The molecule has 1 aliphatic heterocycles. The van der Waals surface area contributed by atoms with Crippen LogP contribution in [0.25, 0.3) is 0 Å². The molecule has 25 heteroatoms. The Balaban J connectivity index is 1.55. The van der Waals surface area contributed by atoms with Gasteiger partial charge in [-0.1, -0.05) is 0 Å². The molecule has 25 nitrogen and oxygen atoms in total. The summed E-state index contributed by atoms with van der Waals surface area (Å²) in [6, 6.07) is -4.24. The molecule has 5 aliphatic rings. The van der Waals surface area contributed by atoms with Crippen molar-refractivity contribution in [3.8, 4) is 0 Å². The largest absolute Gasteiger partial charge is 0.390 e. The lowest BCUT2D eigenvalue weighted by molar-refractivity contribution is -0.219. The number of ether oxygens (including phenoxy) is 1. The minimum Gasteiger partial charge on any atom is -0.390 e. The molecule has 5 fully saturated rings. The van der Waals surface area contributed by atoms with Crippen LogP contribution in [0.2, 0.25) is 0 Å². The third-order valence-corrected chi connectivity index (χ3v) is 12.3. The second-order valence-corrected chi connectivity index (χ2v) is 16.9. The molecule has 4 amide bonds. The molecule has 59 heavy (non-hydrogen) atoms. The second-order valence-electron chi connectivity index (χ2n) is 16.9. The number of rotatable bonds is 8. The van der Waals surface area contributed by atoms with Crippen molar-refractivity contribution in [2.24, 2.45) is 0 Å². The number of aliphatic hydroxyl groups excluding tert-OH is 13. The van der Waals surface area contributed by atoms with Gasteiger partial charge in [-0.15, -0.1) is 0 Å². The Bertz CT molecular complexity index is 1480. The van der Waals surface area contributed by atoms with Crippen molar-refractivity contribution < 1.29 is 111 Å². The van der Waals surface area contributed by atoms with Crippen LogP contribution in [0.15, 0.2) is 0 Å². The molecule has 12 atom stereocenters. The summed E-state index contributed by atoms with van der Waals surface area (Å²) in [6.07, 6.45) is -35.0. The molecule has 0 spiro atoms. The van der Waals surface area contributed by atoms with Crippen molar-refractivity contribution in [3.05, 3.63) is 0 Å². The minimum atomic E-state index is -3.00. The number of carbonyl (C=O) groups excluding carboxylic acids is 4. The molecule has 0 radical (unpaired) electrons. The highest BCUT2D eigenvalue weighted by molar-refractivity contribution is 6.03. The molecule has 0 aromatic rings. The Kier molecular flexibility index (Phi) is 13.9. The van der Waals surface area contributed by atoms with E-state index in [0.29, 0.717) is 0 Å². The van der Waals surface area contributed by atoms with Crippen LogP contribution in [0.5, 0.6) is 0 Å². The second kappa shape index (κ2) is 17.3. The SMILES string of the molecule is O=C(NCC1CC(N(C(=O)C2(O)C[C@@H](O)C(O)[C@H](O)C2)C(=O)C2(O)C[C@@H](O)C(O)[C@H](O)C2)C(NC(=O)C2(O)C[C@@H](O)C(O)[C@H](O)C2)C(O)O1)C1(O)C[C@@H](O)C(O)[C@H](O)C1. The number of carbonyl (C=O) groups is 4. The molecule has 338 valence electrons. The molecule has 4 unspecified atom stereocenters. The average molecular weight is 858 g/mol. The predicted molar refractivity (Wildman–Crippen MR) is 185 cm³/mol. The van der Waals surface area contributed by atoms with E-state index in [1.54, 1.807) is 0 Å². The van der Waals surface area contributed by atoms with Crippen molar-refractivity contribution in [1.29, 1.82) is 0 Å². The number of hydrogen-bond acceptors (Lipinski definition) is 22. The minimum absolute atomic E-state index is 0.0704. The number of aliphatic hydroxyl groups is 17. The zero-order chi connectivity index (χ0) is 44.3. The maximum Gasteiger partial charge on any atom is 0.261 e. The summed E-state index contributed by atoms with van der Waals surface area (Å²) in [4.78, 5) is 56.3. The van der Waals surface area contributed by atoms with Crippen molar-refractivity contribution in [2.75, 3.05) is 6.54 Å². The first-order valence-corrected chi connectivity index (χ1v) is 19.0. The molecule has 0 bridgehead atoms. The molecule has 0 aromatic carbocycles. The molecule has 0 aromatic heterocycles. The van der Waals surface area contributed by atoms with Gasteiger partial charge in [0.1, 0.15) is 52.9 Å². The van der Waals surface area contributed by atoms with Crippen LogP contribution < -0.4 is 10.6 Å². The van der Waals surface area contributed by atoms with Crippen molar-refractivity contribution >= 4 is 23.6 Å². The summed E-state index contributed by atoms with van der Waals surface area (Å²) in [5.74, 6) is -6.27. The van der Waals surface area contributed by atoms with Gasteiger partial charge in [0.2, 0.25) is 0 Å². The van der Waals surface area contributed by atoms with E-state index >= 15 is 0 Å².